The molecule has 0 bridgehead atoms. The van der Waals surface area contributed by atoms with Gasteiger partial charge in [0.2, 0.25) is 0 Å². The lowest BCUT2D eigenvalue weighted by Gasteiger charge is -2.19. The van der Waals surface area contributed by atoms with Crippen LogP contribution in [-0.2, 0) is 29.2 Å². The van der Waals surface area contributed by atoms with E-state index in [4.69, 9.17) is 14.2 Å². The van der Waals surface area contributed by atoms with Crippen LogP contribution in [0.15, 0.2) is 119 Å². The third kappa shape index (κ3) is 8.33. The molecule has 1 atom stereocenters. The quantitative estimate of drug-likeness (QED) is 0.152. The Morgan fingerprint density at radius 1 is 0.776 bits per heavy atom. The van der Waals surface area contributed by atoms with Gasteiger partial charge in [0, 0.05) is 45.1 Å². The molecule has 0 fully saturated rings. The summed E-state index contributed by atoms with van der Waals surface area (Å²) in [5.74, 6) is -0.0443. The topological polar surface area (TPSA) is 174 Å². The number of aromatic nitrogens is 4. The Hall–Kier alpha value is -7.55. The van der Waals surface area contributed by atoms with Crippen LogP contribution in [0.5, 0.6) is 11.5 Å². The molecule has 0 saturated heterocycles. The van der Waals surface area contributed by atoms with Crippen molar-refractivity contribution in [1.82, 2.24) is 18.7 Å². The van der Waals surface area contributed by atoms with Crippen molar-refractivity contribution in [2.24, 2.45) is 0 Å². The van der Waals surface area contributed by atoms with Crippen molar-refractivity contribution in [2.75, 3.05) is 20.8 Å². The van der Waals surface area contributed by atoms with Gasteiger partial charge < -0.3 is 23.9 Å². The van der Waals surface area contributed by atoms with Crippen molar-refractivity contribution >= 4 is 27.5 Å². The van der Waals surface area contributed by atoms with E-state index >= 15 is 0 Å². The third-order valence-corrected chi connectivity index (χ3v) is 9.31. The molecule has 0 saturated carbocycles. The Morgan fingerprint density at radius 2 is 1.36 bits per heavy atom. The first-order chi connectivity index (χ1) is 28.1. The summed E-state index contributed by atoms with van der Waals surface area (Å²) in [6.07, 6.45) is 4.08. The van der Waals surface area contributed by atoms with Crippen LogP contribution < -0.4 is 20.6 Å². The summed E-state index contributed by atoms with van der Waals surface area (Å²) in [5, 5.41) is 32.2. The van der Waals surface area contributed by atoms with Gasteiger partial charge in [-0.1, -0.05) is 42.5 Å². The minimum absolute atomic E-state index is 0.0122. The summed E-state index contributed by atoms with van der Waals surface area (Å²) in [5.41, 5.74) is 1.52. The lowest BCUT2D eigenvalue weighted by molar-refractivity contribution is -0.143. The predicted octanol–water partition coefficient (Wildman–Crippen LogP) is 6.06. The molecule has 3 aromatic heterocycles. The van der Waals surface area contributed by atoms with E-state index in [0.29, 0.717) is 44.3 Å². The summed E-state index contributed by atoms with van der Waals surface area (Å²) in [7, 11) is 3.04. The molecule has 58 heavy (non-hydrogen) atoms. The number of ether oxygens (including phenoxy) is 3. The van der Waals surface area contributed by atoms with E-state index in [-0.39, 0.29) is 42.0 Å². The highest BCUT2D eigenvalue weighted by molar-refractivity contribution is 6.00. The highest BCUT2D eigenvalue weighted by Crippen LogP contribution is 2.34. The number of methoxy groups -OCH3 is 2. The van der Waals surface area contributed by atoms with E-state index in [0.717, 1.165) is 10.1 Å². The van der Waals surface area contributed by atoms with E-state index in [1.807, 2.05) is 36.4 Å². The number of hydrogen-bond donors (Lipinski definition) is 1. The number of esters is 1. The minimum Gasteiger partial charge on any atom is -0.497 e. The van der Waals surface area contributed by atoms with Crippen molar-refractivity contribution in [3.8, 4) is 45.9 Å². The first-order valence-corrected chi connectivity index (χ1v) is 18.0. The second kappa shape index (κ2) is 17.9. The van der Waals surface area contributed by atoms with E-state index in [1.54, 1.807) is 79.8 Å². The highest BCUT2D eigenvalue weighted by Gasteiger charge is 2.22. The molecule has 292 valence electrons. The van der Waals surface area contributed by atoms with Gasteiger partial charge in [-0.05, 0) is 66.6 Å². The van der Waals surface area contributed by atoms with Crippen molar-refractivity contribution in [1.29, 1.82) is 10.5 Å². The molecule has 0 aliphatic heterocycles. The molecule has 1 unspecified atom stereocenters. The molecule has 0 radical (unpaired) electrons. The number of aliphatic hydroxyl groups is 1. The summed E-state index contributed by atoms with van der Waals surface area (Å²) < 4.78 is 33.5. The van der Waals surface area contributed by atoms with E-state index in [1.165, 1.54) is 29.9 Å². The third-order valence-electron chi connectivity index (χ3n) is 9.31. The van der Waals surface area contributed by atoms with Gasteiger partial charge in [-0.25, -0.2) is 9.37 Å². The SMILES string of the molecule is CCOC(=O)Cn1c(C#N)c(-c2cccc(F)c2)c2cc(OC)ccc2c1=O.COc1ccc2c(=O)n(CC(O)Cn3ccnc3)c(C#N)c(-c3ccccc3)c2c1. The maximum Gasteiger partial charge on any atom is 0.326 e. The Bertz CT molecular complexity index is 2820. The number of fused-ring (bicyclic) bond motifs is 2. The van der Waals surface area contributed by atoms with Gasteiger partial charge in [0.05, 0.1) is 46.3 Å². The van der Waals surface area contributed by atoms with Crippen molar-refractivity contribution in [3.63, 3.8) is 0 Å². The van der Waals surface area contributed by atoms with Crippen LogP contribution in [0.4, 0.5) is 4.39 Å². The molecule has 1 N–H and O–H groups in total. The first-order valence-electron chi connectivity index (χ1n) is 18.0. The Morgan fingerprint density at radius 3 is 1.91 bits per heavy atom. The molecule has 14 heteroatoms. The maximum absolute atomic E-state index is 13.9. The molecule has 0 amide bonds. The summed E-state index contributed by atoms with van der Waals surface area (Å²) in [6.45, 7) is 1.63. The van der Waals surface area contributed by atoms with Crippen LogP contribution in [0.2, 0.25) is 0 Å². The van der Waals surface area contributed by atoms with Gasteiger partial charge in [-0.3, -0.25) is 23.5 Å². The van der Waals surface area contributed by atoms with Crippen molar-refractivity contribution in [2.45, 2.75) is 32.7 Å². The number of benzene rings is 4. The Labute approximate surface area is 331 Å². The molecule has 3 heterocycles. The second-order valence-corrected chi connectivity index (χ2v) is 12.9. The standard InChI is InChI=1S/C23H20N4O3.C21H17FN2O4/c1-30-18-7-8-19-20(11-18)22(16-5-3-2-4-6-16)21(12-24)27(23(19)29)14-17(28)13-26-10-9-25-15-26;1-3-28-19(25)12-24-18(11-23)20(13-5-4-6-14(22)9-13)17-10-15(27-2)7-8-16(17)21(24)26/h2-11,15,17,28H,13-14H2,1H3;4-10H,3,12H2,1-2H3. The summed E-state index contributed by atoms with van der Waals surface area (Å²) in [4.78, 5) is 42.2. The fraction of sp³-hybridized carbons (Fsp3) is 0.182. The monoisotopic (exact) mass is 780 g/mol. The van der Waals surface area contributed by atoms with Crippen molar-refractivity contribution in [3.05, 3.63) is 148 Å². The lowest BCUT2D eigenvalue weighted by atomic mass is 9.96. The van der Waals surface area contributed by atoms with Crippen LogP contribution in [0.1, 0.15) is 18.3 Å². The molecule has 13 nitrogen and oxygen atoms in total. The summed E-state index contributed by atoms with van der Waals surface area (Å²) in [6, 6.07) is 29.3. The molecule has 0 aliphatic rings. The zero-order chi connectivity index (χ0) is 41.3. The second-order valence-electron chi connectivity index (χ2n) is 12.9. The molecule has 7 rings (SSSR count). The van der Waals surface area contributed by atoms with Crippen molar-refractivity contribution < 1.29 is 28.5 Å². The fourth-order valence-electron chi connectivity index (χ4n) is 6.74. The first kappa shape index (κ1) is 40.1. The average Bonchev–Trinajstić information content (AvgIpc) is 3.75. The number of nitrogens with zero attached hydrogens (tertiary/aromatic N) is 6. The van der Waals surface area contributed by atoms with E-state index < -0.39 is 30.0 Å². The normalized spacial score (nSPS) is 11.2. The van der Waals surface area contributed by atoms with Crippen LogP contribution >= 0.6 is 0 Å². The van der Waals surface area contributed by atoms with Gasteiger partial charge in [0.1, 0.15) is 47.4 Å². The molecular formula is C44H37FN6O7. The number of imidazole rings is 1. The summed E-state index contributed by atoms with van der Waals surface area (Å²) >= 11 is 0. The highest BCUT2D eigenvalue weighted by atomic mass is 19.1. The molecule has 0 aliphatic carbocycles. The number of nitriles is 2. The predicted molar refractivity (Wildman–Crippen MR) is 215 cm³/mol. The minimum atomic E-state index is -0.872. The molecule has 4 aromatic carbocycles. The van der Waals surface area contributed by atoms with Gasteiger partial charge in [0.25, 0.3) is 11.1 Å². The number of carbonyl (C=O) groups excluding carboxylic acids is 1. The number of carbonyl (C=O) groups is 1. The van der Waals surface area contributed by atoms with E-state index in [2.05, 4.69) is 11.1 Å². The van der Waals surface area contributed by atoms with Gasteiger partial charge in [-0.2, -0.15) is 10.5 Å². The zero-order valence-corrected chi connectivity index (χ0v) is 31.8. The van der Waals surface area contributed by atoms with Gasteiger partial charge in [0.15, 0.2) is 0 Å². The lowest BCUT2D eigenvalue weighted by Crippen LogP contribution is -2.31. The maximum atomic E-state index is 13.9. The average molecular weight is 781 g/mol. The zero-order valence-electron chi connectivity index (χ0n) is 31.8. The largest absolute Gasteiger partial charge is 0.497 e. The van der Waals surface area contributed by atoms with Crippen LogP contribution in [-0.4, -0.2) is 56.7 Å². The molecule has 7 aromatic rings. The fourth-order valence-corrected chi connectivity index (χ4v) is 6.74. The Balaban J connectivity index is 0.000000196. The van der Waals surface area contributed by atoms with E-state index in [9.17, 15) is 34.4 Å². The van der Waals surface area contributed by atoms with Crippen LogP contribution in [0, 0.1) is 28.5 Å². The number of pyridine rings is 2. The smallest absolute Gasteiger partial charge is 0.326 e. The molecular weight excluding hydrogens is 744 g/mol. The van der Waals surface area contributed by atoms with Gasteiger partial charge in [-0.15, -0.1) is 0 Å². The number of rotatable bonds is 11. The number of halogens is 1. The molecule has 0 spiro atoms. The van der Waals surface area contributed by atoms with Gasteiger partial charge >= 0.3 is 5.97 Å². The number of hydrogen-bond acceptors (Lipinski definition) is 10. The van der Waals surface area contributed by atoms with Crippen LogP contribution in [0.25, 0.3) is 43.8 Å². The Kier molecular flexibility index (Phi) is 12.4. The van der Waals surface area contributed by atoms with Crippen LogP contribution in [0.3, 0.4) is 0 Å². The number of aliphatic hydroxyl groups excluding tert-OH is 1.